The quantitative estimate of drug-likeness (QED) is 0.545. The minimum absolute atomic E-state index is 0.0393. The number of nitrogens with zero attached hydrogens (tertiary/aromatic N) is 1. The second-order valence-electron chi connectivity index (χ2n) is 5.40. The molecule has 1 saturated heterocycles. The molecule has 1 aromatic heterocycles. The molecule has 1 fully saturated rings. The minimum Gasteiger partial charge on any atom is -0.465 e. The molecule has 0 radical (unpaired) electrons. The van der Waals surface area contributed by atoms with Crippen molar-refractivity contribution in [2.75, 3.05) is 12.3 Å². The highest BCUT2D eigenvalue weighted by Gasteiger charge is 2.34. The number of allylic oxidation sites excluding steroid dienone is 3. The molecular formula is C16H13NO4S4. The predicted octanol–water partition coefficient (Wildman–Crippen LogP) is 2.97. The van der Waals surface area contributed by atoms with Gasteiger partial charge in [0.2, 0.25) is 0 Å². The van der Waals surface area contributed by atoms with E-state index in [0.29, 0.717) is 19.9 Å². The summed E-state index contributed by atoms with van der Waals surface area (Å²) in [4.78, 5) is 14.9. The van der Waals surface area contributed by atoms with Gasteiger partial charge in [-0.3, -0.25) is 9.69 Å². The maximum Gasteiger partial charge on any atom is 0.266 e. The van der Waals surface area contributed by atoms with E-state index in [1.807, 2.05) is 0 Å². The largest absolute Gasteiger partial charge is 0.465 e. The molecule has 0 aliphatic carbocycles. The van der Waals surface area contributed by atoms with Gasteiger partial charge < -0.3 is 4.42 Å². The molecular weight excluding hydrogens is 398 g/mol. The summed E-state index contributed by atoms with van der Waals surface area (Å²) in [6.45, 7) is 0.143. The van der Waals surface area contributed by atoms with Crippen LogP contribution in [0, 0.1) is 5.92 Å². The van der Waals surface area contributed by atoms with Crippen molar-refractivity contribution < 1.29 is 17.6 Å². The van der Waals surface area contributed by atoms with E-state index in [2.05, 4.69) is 0 Å². The molecule has 9 heteroatoms. The van der Waals surface area contributed by atoms with Gasteiger partial charge >= 0.3 is 0 Å². The first-order chi connectivity index (χ1) is 11.9. The zero-order chi connectivity index (χ0) is 18.0. The maximum absolute atomic E-state index is 12.5. The Labute approximate surface area is 160 Å². The van der Waals surface area contributed by atoms with Crippen LogP contribution in [0.2, 0.25) is 0 Å². The van der Waals surface area contributed by atoms with E-state index in [4.69, 9.17) is 28.9 Å². The molecule has 1 aromatic rings. The van der Waals surface area contributed by atoms with E-state index in [1.165, 1.54) is 22.1 Å². The Morgan fingerprint density at radius 1 is 1.48 bits per heavy atom. The van der Waals surface area contributed by atoms with Crippen molar-refractivity contribution in [2.24, 2.45) is 5.92 Å². The molecule has 130 valence electrons. The van der Waals surface area contributed by atoms with Crippen LogP contribution in [0.1, 0.15) is 5.76 Å². The van der Waals surface area contributed by atoms with Gasteiger partial charge in [0, 0.05) is 16.2 Å². The van der Waals surface area contributed by atoms with Crippen molar-refractivity contribution >= 4 is 67.2 Å². The lowest BCUT2D eigenvalue weighted by Crippen LogP contribution is -2.35. The van der Waals surface area contributed by atoms with Gasteiger partial charge in [-0.25, -0.2) is 8.42 Å². The lowest BCUT2D eigenvalue weighted by Gasteiger charge is -2.17. The van der Waals surface area contributed by atoms with Crippen LogP contribution < -0.4 is 0 Å². The smallest absolute Gasteiger partial charge is 0.266 e. The molecule has 1 amide bonds. The number of hydrogen-bond donors (Lipinski definition) is 0. The Morgan fingerprint density at radius 3 is 2.92 bits per heavy atom. The summed E-state index contributed by atoms with van der Waals surface area (Å²) in [5.41, 5.74) is 0. The zero-order valence-electron chi connectivity index (χ0n) is 12.8. The molecule has 2 aliphatic rings. The van der Waals surface area contributed by atoms with Crippen molar-refractivity contribution in [2.45, 2.75) is 0 Å². The summed E-state index contributed by atoms with van der Waals surface area (Å²) < 4.78 is 28.6. The number of carbonyl (C=O) groups excluding carboxylic acids is 1. The number of carbonyl (C=O) groups is 1. The molecule has 1 atom stereocenters. The van der Waals surface area contributed by atoms with Gasteiger partial charge in [0.15, 0.2) is 9.84 Å². The lowest BCUT2D eigenvalue weighted by molar-refractivity contribution is -0.121. The molecule has 0 N–H and O–H groups in total. The number of thiocarbonyl (C=S) groups is 2. The summed E-state index contributed by atoms with van der Waals surface area (Å²) in [6, 6.07) is 3.58. The second kappa shape index (κ2) is 7.36. The second-order valence-corrected chi connectivity index (χ2v) is 9.53. The Kier molecular flexibility index (Phi) is 5.38. The van der Waals surface area contributed by atoms with Crippen molar-refractivity contribution in [1.82, 2.24) is 4.90 Å². The van der Waals surface area contributed by atoms with Crippen LogP contribution in [0.25, 0.3) is 6.08 Å². The van der Waals surface area contributed by atoms with E-state index in [9.17, 15) is 13.2 Å². The van der Waals surface area contributed by atoms with Crippen LogP contribution in [-0.4, -0.2) is 40.7 Å². The summed E-state index contributed by atoms with van der Waals surface area (Å²) in [5.74, 6) is 0.0587. The van der Waals surface area contributed by atoms with E-state index in [-0.39, 0.29) is 24.1 Å². The number of rotatable bonds is 5. The molecule has 0 bridgehead atoms. The van der Waals surface area contributed by atoms with Gasteiger partial charge in [-0.1, -0.05) is 48.3 Å². The average Bonchev–Trinajstić information content (AvgIpc) is 3.24. The normalized spacial score (nSPS) is 24.1. The van der Waals surface area contributed by atoms with Gasteiger partial charge in [0.05, 0.1) is 23.5 Å². The first-order valence-electron chi connectivity index (χ1n) is 7.25. The summed E-state index contributed by atoms with van der Waals surface area (Å²) in [7, 11) is -3.18. The van der Waals surface area contributed by atoms with Crippen LogP contribution >= 0.6 is 36.2 Å². The van der Waals surface area contributed by atoms with Crippen molar-refractivity contribution in [1.29, 1.82) is 0 Å². The Morgan fingerprint density at radius 2 is 2.28 bits per heavy atom. The summed E-state index contributed by atoms with van der Waals surface area (Å²) >= 11 is 11.8. The van der Waals surface area contributed by atoms with Crippen LogP contribution in [0.15, 0.2) is 51.4 Å². The summed E-state index contributed by atoms with van der Waals surface area (Å²) in [6.07, 6.45) is 8.26. The third-order valence-corrected chi connectivity index (χ3v) is 6.81. The third-order valence-electron chi connectivity index (χ3n) is 3.58. The van der Waals surface area contributed by atoms with Gasteiger partial charge in [-0.2, -0.15) is 0 Å². The zero-order valence-corrected chi connectivity index (χ0v) is 16.1. The average molecular weight is 412 g/mol. The Hall–Kier alpha value is -1.55. The first-order valence-corrected chi connectivity index (χ1v) is 10.6. The van der Waals surface area contributed by atoms with Crippen molar-refractivity contribution in [3.63, 3.8) is 0 Å². The fourth-order valence-corrected chi connectivity index (χ4v) is 5.27. The van der Waals surface area contributed by atoms with Gasteiger partial charge in [-0.15, -0.1) is 0 Å². The van der Waals surface area contributed by atoms with Crippen LogP contribution in [-0.2, 0) is 14.6 Å². The fraction of sp³-hybridized carbons (Fsp3) is 0.188. The molecule has 5 nitrogen and oxygen atoms in total. The van der Waals surface area contributed by atoms with Crippen molar-refractivity contribution in [3.8, 4) is 0 Å². The fourth-order valence-electron chi connectivity index (χ4n) is 2.32. The summed E-state index contributed by atoms with van der Waals surface area (Å²) in [5, 5.41) is 1.17. The van der Waals surface area contributed by atoms with Gasteiger partial charge in [-0.05, 0) is 24.3 Å². The molecule has 1 unspecified atom stereocenters. The molecule has 2 aliphatic heterocycles. The maximum atomic E-state index is 12.5. The highest BCUT2D eigenvalue weighted by Crippen LogP contribution is 2.31. The van der Waals surface area contributed by atoms with Gasteiger partial charge in [0.25, 0.3) is 5.91 Å². The van der Waals surface area contributed by atoms with E-state index >= 15 is 0 Å². The predicted molar refractivity (Wildman–Crippen MR) is 107 cm³/mol. The molecule has 0 aromatic carbocycles. The van der Waals surface area contributed by atoms with E-state index in [0.717, 1.165) is 0 Å². The Bertz CT molecular complexity index is 910. The van der Waals surface area contributed by atoms with Gasteiger partial charge in [0.1, 0.15) is 10.1 Å². The molecule has 0 saturated carbocycles. The lowest BCUT2D eigenvalue weighted by atomic mass is 10.1. The van der Waals surface area contributed by atoms with Crippen LogP contribution in [0.3, 0.4) is 0 Å². The number of hydrogen-bond acceptors (Lipinski definition) is 7. The highest BCUT2D eigenvalue weighted by molar-refractivity contribution is 8.26. The third kappa shape index (κ3) is 4.35. The number of furan rings is 1. The van der Waals surface area contributed by atoms with Crippen LogP contribution in [0.4, 0.5) is 0 Å². The molecule has 25 heavy (non-hydrogen) atoms. The first kappa shape index (κ1) is 18.2. The van der Waals surface area contributed by atoms with E-state index < -0.39 is 9.84 Å². The number of sulfone groups is 1. The number of amides is 1. The van der Waals surface area contributed by atoms with Crippen molar-refractivity contribution in [3.05, 3.63) is 52.7 Å². The molecule has 3 rings (SSSR count). The monoisotopic (exact) mass is 411 g/mol. The number of thioether (sulfide) groups is 1. The molecule has 3 heterocycles. The standard InChI is InChI=1S/C16H13NO4S4/c18-15-14(5-1-3-12-4-2-7-21-12)24-16(23)17(15)9-13(22)11-6-8-25(19,20)10-11/h1-8,11H,9-10H2/b3-1+,14-5-. The van der Waals surface area contributed by atoms with E-state index in [1.54, 1.807) is 42.7 Å². The SMILES string of the molecule is O=C1/C(=C/C=C/c2ccco2)SC(=S)N1CC(=S)C1C=CS(=O)(=O)C1. The Balaban J connectivity index is 1.65. The minimum atomic E-state index is -3.18. The topological polar surface area (TPSA) is 67.6 Å². The van der Waals surface area contributed by atoms with Crippen LogP contribution in [0.5, 0.6) is 0 Å². The molecule has 0 spiro atoms. The highest BCUT2D eigenvalue weighted by atomic mass is 32.2.